The number of carbonyl (C=O) groups is 3. The summed E-state index contributed by atoms with van der Waals surface area (Å²) in [6.45, 7) is 9.40. The van der Waals surface area contributed by atoms with E-state index in [1.54, 1.807) is 0 Å². The molecule has 0 spiro atoms. The third-order valence-electron chi connectivity index (χ3n) is 12.5. The van der Waals surface area contributed by atoms with Crippen LogP contribution in [0.1, 0.15) is 74.8 Å². The number of piperazine rings is 1. The smallest absolute Gasteiger partial charge is 0.238 e. The van der Waals surface area contributed by atoms with Gasteiger partial charge in [-0.2, -0.15) is 0 Å². The second-order valence-corrected chi connectivity index (χ2v) is 18.0. The van der Waals surface area contributed by atoms with Crippen LogP contribution in [-0.4, -0.2) is 106 Å². The highest BCUT2D eigenvalue weighted by Crippen LogP contribution is 2.46. The number of hydrogen-bond acceptors (Lipinski definition) is 7. The lowest BCUT2D eigenvalue weighted by Gasteiger charge is -2.42. The summed E-state index contributed by atoms with van der Waals surface area (Å²) in [6, 6.07) is 16.3. The van der Waals surface area contributed by atoms with Gasteiger partial charge in [-0.25, -0.2) is 0 Å². The summed E-state index contributed by atoms with van der Waals surface area (Å²) in [5.74, 6) is 0.976. The molecule has 3 aliphatic heterocycles. The number of likely N-dealkylation sites (N-methyl/N-ethyl adjacent to an activating group) is 1. The first-order valence-electron chi connectivity index (χ1n) is 19.4. The molecule has 9 nitrogen and oxygen atoms in total. The fraction of sp³-hybridized carbons (Fsp3) is 0.610. The first-order chi connectivity index (χ1) is 25.0. The predicted octanol–water partition coefficient (Wildman–Crippen LogP) is 4.34. The molecule has 3 N–H and O–H groups in total. The maximum atomic E-state index is 14.7. The Labute approximate surface area is 319 Å². The van der Waals surface area contributed by atoms with Crippen LogP contribution in [0.4, 0.5) is 0 Å². The van der Waals surface area contributed by atoms with Gasteiger partial charge in [0.1, 0.15) is 0 Å². The lowest BCUT2D eigenvalue weighted by molar-refractivity contribution is -0.145. The van der Waals surface area contributed by atoms with Gasteiger partial charge in [-0.1, -0.05) is 74.6 Å². The molecule has 5 aliphatic rings. The topological polar surface area (TPSA) is 97.0 Å². The molecule has 3 amide bonds. The highest BCUT2D eigenvalue weighted by molar-refractivity contribution is 7.99. The van der Waals surface area contributed by atoms with E-state index in [1.807, 2.05) is 40.7 Å². The molecule has 2 aromatic rings. The van der Waals surface area contributed by atoms with Crippen molar-refractivity contribution in [2.75, 3.05) is 45.5 Å². The number of benzene rings is 2. The normalized spacial score (nSPS) is 29.2. The van der Waals surface area contributed by atoms with E-state index < -0.39 is 6.04 Å². The van der Waals surface area contributed by atoms with Gasteiger partial charge in [0.2, 0.25) is 17.7 Å². The number of thioether (sulfide) groups is 1. The predicted molar refractivity (Wildman–Crippen MR) is 212 cm³/mol. The molecule has 0 bridgehead atoms. The number of rotatable bonds is 7. The molecule has 2 aliphatic carbocycles. The first-order valence-corrected chi connectivity index (χ1v) is 20.9. The third kappa shape index (κ3) is 7.66. The lowest BCUT2D eigenvalue weighted by Crippen LogP contribution is -2.57. The summed E-state index contributed by atoms with van der Waals surface area (Å²) in [4.78, 5) is 49.9. The number of thiocarbonyl (C=S) groups is 1. The summed E-state index contributed by atoms with van der Waals surface area (Å²) in [5.41, 5.74) is 4.67. The Hall–Kier alpha value is -2.99. The van der Waals surface area contributed by atoms with Crippen molar-refractivity contribution in [1.29, 1.82) is 0 Å². The second kappa shape index (κ2) is 15.8. The van der Waals surface area contributed by atoms with Gasteiger partial charge in [-0.15, -0.1) is 11.8 Å². The SMILES string of the molecule is CN[C@@H](C)C(=S)N[C@H]1CCSC2CC(C)(C)[C@@H](C(=O)N[C@@H]3c4ccccc4CC[C@H]3C(=O)N3CCN(C(=O)[C@@H]4CCc5ccccc5C4)CC3)N2C1. The van der Waals surface area contributed by atoms with Crippen molar-refractivity contribution in [3.05, 3.63) is 70.8 Å². The molecular weight excluding hydrogens is 689 g/mol. The fourth-order valence-electron chi connectivity index (χ4n) is 9.43. The number of nitrogens with one attached hydrogen (secondary N) is 3. The van der Waals surface area contributed by atoms with Gasteiger partial charge in [0.25, 0.3) is 0 Å². The monoisotopic (exact) mass is 744 g/mol. The molecule has 2 aromatic carbocycles. The van der Waals surface area contributed by atoms with Crippen LogP contribution in [0.2, 0.25) is 0 Å². The van der Waals surface area contributed by atoms with Gasteiger partial charge in [0.15, 0.2) is 0 Å². The van der Waals surface area contributed by atoms with E-state index in [2.05, 4.69) is 78.0 Å². The van der Waals surface area contributed by atoms with Crippen molar-refractivity contribution in [3.63, 3.8) is 0 Å². The molecule has 3 fully saturated rings. The van der Waals surface area contributed by atoms with Crippen LogP contribution in [-0.2, 0) is 33.6 Å². The van der Waals surface area contributed by atoms with Gasteiger partial charge in [0.05, 0.1) is 34.4 Å². The van der Waals surface area contributed by atoms with Crippen molar-refractivity contribution < 1.29 is 14.4 Å². The minimum absolute atomic E-state index is 0.00361. The Kier molecular flexibility index (Phi) is 11.3. The molecule has 7 rings (SSSR count). The molecule has 52 heavy (non-hydrogen) atoms. The van der Waals surface area contributed by atoms with Crippen molar-refractivity contribution in [2.24, 2.45) is 17.3 Å². The molecule has 0 radical (unpaired) electrons. The quantitative estimate of drug-likeness (QED) is 0.361. The number of aryl methyl sites for hydroxylation is 2. The Morgan fingerprint density at radius 2 is 1.52 bits per heavy atom. The minimum atomic E-state index is -0.403. The highest BCUT2D eigenvalue weighted by Gasteiger charge is 2.52. The van der Waals surface area contributed by atoms with Crippen molar-refractivity contribution >= 4 is 46.7 Å². The zero-order valence-electron chi connectivity index (χ0n) is 31.2. The zero-order chi connectivity index (χ0) is 36.6. The van der Waals surface area contributed by atoms with Crippen LogP contribution >= 0.6 is 24.0 Å². The molecule has 3 saturated heterocycles. The summed E-state index contributed by atoms with van der Waals surface area (Å²) >= 11 is 7.66. The van der Waals surface area contributed by atoms with Crippen LogP contribution in [0.25, 0.3) is 0 Å². The van der Waals surface area contributed by atoms with E-state index in [-0.39, 0.29) is 58.5 Å². The maximum Gasteiger partial charge on any atom is 0.238 e. The number of amides is 3. The number of carbonyl (C=O) groups excluding carboxylic acids is 3. The standard InChI is InChI=1S/C41H56N6O3S2/c1-26(42-4)38(51)43-31-17-22-52-34-24-41(2,3)36(47(34)25-31)37(48)44-35-32-12-8-7-10-28(32)15-16-33(35)40(50)46-20-18-45(19-21-46)39(49)30-14-13-27-9-5-6-11-29(27)23-30/h5-12,26,30-31,33-36,42H,13-25H2,1-4H3,(H,43,51)(H,44,48)/t26-,30+,31-,33+,34?,35+,36+/m0/s1. The Balaban J connectivity index is 1.04. The Morgan fingerprint density at radius 3 is 2.25 bits per heavy atom. The summed E-state index contributed by atoms with van der Waals surface area (Å²) in [7, 11) is 1.92. The van der Waals surface area contributed by atoms with Crippen molar-refractivity contribution in [1.82, 2.24) is 30.7 Å². The van der Waals surface area contributed by atoms with Gasteiger partial charge in [-0.3, -0.25) is 19.3 Å². The van der Waals surface area contributed by atoms with E-state index in [1.165, 1.54) is 16.7 Å². The van der Waals surface area contributed by atoms with Crippen LogP contribution in [0, 0.1) is 17.3 Å². The van der Waals surface area contributed by atoms with E-state index in [9.17, 15) is 14.4 Å². The molecule has 0 aromatic heterocycles. The van der Waals surface area contributed by atoms with Crippen LogP contribution in [0.15, 0.2) is 48.5 Å². The van der Waals surface area contributed by atoms with Gasteiger partial charge in [0, 0.05) is 44.7 Å². The number of fused-ring (bicyclic) bond motifs is 3. The largest absolute Gasteiger partial charge is 0.374 e. The number of hydrogen-bond donors (Lipinski definition) is 3. The highest BCUT2D eigenvalue weighted by atomic mass is 32.2. The molecular formula is C41H56N6O3S2. The van der Waals surface area contributed by atoms with Crippen LogP contribution < -0.4 is 16.0 Å². The Bertz CT molecular complexity index is 1660. The molecule has 0 saturated carbocycles. The lowest BCUT2D eigenvalue weighted by atomic mass is 9.78. The third-order valence-corrected chi connectivity index (χ3v) is 14.3. The van der Waals surface area contributed by atoms with Crippen LogP contribution in [0.5, 0.6) is 0 Å². The average molecular weight is 745 g/mol. The van der Waals surface area contributed by atoms with Crippen molar-refractivity contribution in [3.8, 4) is 0 Å². The second-order valence-electron chi connectivity index (χ2n) is 16.3. The maximum absolute atomic E-state index is 14.7. The summed E-state index contributed by atoms with van der Waals surface area (Å²) in [6.07, 6.45) is 6.03. The molecule has 7 atom stereocenters. The molecule has 3 heterocycles. The van der Waals surface area contributed by atoms with Crippen LogP contribution in [0.3, 0.4) is 0 Å². The molecule has 11 heteroatoms. The van der Waals surface area contributed by atoms with Gasteiger partial charge >= 0.3 is 0 Å². The van der Waals surface area contributed by atoms with Gasteiger partial charge < -0.3 is 25.8 Å². The van der Waals surface area contributed by atoms with E-state index >= 15 is 0 Å². The summed E-state index contributed by atoms with van der Waals surface area (Å²) < 4.78 is 0. The fourth-order valence-corrected chi connectivity index (χ4v) is 11.4. The minimum Gasteiger partial charge on any atom is -0.374 e. The van der Waals surface area contributed by atoms with Crippen molar-refractivity contribution in [2.45, 2.75) is 95.3 Å². The summed E-state index contributed by atoms with van der Waals surface area (Å²) in [5, 5.41) is 10.6. The molecule has 1 unspecified atom stereocenters. The first kappa shape index (κ1) is 37.3. The van der Waals surface area contributed by atoms with E-state index in [0.29, 0.717) is 32.6 Å². The van der Waals surface area contributed by atoms with E-state index in [0.717, 1.165) is 61.4 Å². The zero-order valence-corrected chi connectivity index (χ0v) is 32.9. The molecule has 280 valence electrons. The average Bonchev–Trinajstić information content (AvgIpc) is 3.27. The Morgan fingerprint density at radius 1 is 0.865 bits per heavy atom. The number of nitrogens with zero attached hydrogens (tertiary/aromatic N) is 3. The van der Waals surface area contributed by atoms with E-state index in [4.69, 9.17) is 12.2 Å². The van der Waals surface area contributed by atoms with Gasteiger partial charge in [-0.05, 0) is 92.3 Å².